The van der Waals surface area contributed by atoms with Crippen LogP contribution in [0.15, 0.2) is 36.7 Å². The highest BCUT2D eigenvalue weighted by atomic mass is 15.2. The molecular formula is C16H21N3. The Morgan fingerprint density at radius 3 is 3.05 bits per heavy atom. The maximum absolute atomic E-state index is 4.22. The van der Waals surface area contributed by atoms with Gasteiger partial charge in [0.25, 0.3) is 0 Å². The molecule has 1 aromatic carbocycles. The second-order valence-corrected chi connectivity index (χ2v) is 5.40. The summed E-state index contributed by atoms with van der Waals surface area (Å²) in [5.74, 6) is 0. The van der Waals surface area contributed by atoms with E-state index in [1.807, 2.05) is 17.9 Å². The van der Waals surface area contributed by atoms with Crippen molar-refractivity contribution in [2.45, 2.75) is 38.3 Å². The van der Waals surface area contributed by atoms with Crippen LogP contribution in [-0.4, -0.2) is 9.78 Å². The summed E-state index contributed by atoms with van der Waals surface area (Å²) >= 11 is 0. The van der Waals surface area contributed by atoms with Crippen LogP contribution in [0.3, 0.4) is 0 Å². The van der Waals surface area contributed by atoms with Crippen molar-refractivity contribution in [2.24, 2.45) is 7.05 Å². The molecule has 19 heavy (non-hydrogen) atoms. The van der Waals surface area contributed by atoms with Gasteiger partial charge in [-0.05, 0) is 30.4 Å². The van der Waals surface area contributed by atoms with Gasteiger partial charge < -0.3 is 5.32 Å². The van der Waals surface area contributed by atoms with Crippen LogP contribution in [0, 0.1) is 0 Å². The Hall–Kier alpha value is -1.61. The molecule has 2 aromatic rings. The number of hydrogen-bond donors (Lipinski definition) is 1. The molecule has 0 saturated carbocycles. The molecular weight excluding hydrogens is 234 g/mol. The quantitative estimate of drug-likeness (QED) is 0.855. The van der Waals surface area contributed by atoms with Crippen LogP contribution in [0.25, 0.3) is 0 Å². The van der Waals surface area contributed by atoms with Gasteiger partial charge in [0.05, 0.1) is 6.20 Å². The lowest BCUT2D eigenvalue weighted by molar-refractivity contribution is 0.489. The minimum atomic E-state index is 0.485. The SMILES string of the molecule is Cn1cc(CNC2CCCCc3ccccc32)cn1. The van der Waals surface area contributed by atoms with Gasteiger partial charge >= 0.3 is 0 Å². The van der Waals surface area contributed by atoms with E-state index in [0.29, 0.717) is 6.04 Å². The third-order valence-corrected chi connectivity index (χ3v) is 3.93. The van der Waals surface area contributed by atoms with E-state index in [1.54, 1.807) is 0 Å². The van der Waals surface area contributed by atoms with Crippen LogP contribution < -0.4 is 5.32 Å². The van der Waals surface area contributed by atoms with E-state index in [4.69, 9.17) is 0 Å². The van der Waals surface area contributed by atoms with Crippen molar-refractivity contribution in [3.8, 4) is 0 Å². The summed E-state index contributed by atoms with van der Waals surface area (Å²) in [6.45, 7) is 0.896. The van der Waals surface area contributed by atoms with Crippen LogP contribution in [0.2, 0.25) is 0 Å². The zero-order valence-electron chi connectivity index (χ0n) is 11.5. The largest absolute Gasteiger partial charge is 0.306 e. The van der Waals surface area contributed by atoms with Crippen molar-refractivity contribution in [1.82, 2.24) is 15.1 Å². The Bertz CT molecular complexity index is 544. The summed E-state index contributed by atoms with van der Waals surface area (Å²) in [6.07, 6.45) is 9.09. The number of nitrogens with one attached hydrogen (secondary N) is 1. The van der Waals surface area contributed by atoms with Crippen LogP contribution in [0.5, 0.6) is 0 Å². The minimum Gasteiger partial charge on any atom is -0.306 e. The van der Waals surface area contributed by atoms with Crippen LogP contribution in [0.4, 0.5) is 0 Å². The molecule has 0 bridgehead atoms. The normalized spacial score (nSPS) is 18.9. The molecule has 1 aliphatic rings. The molecule has 0 fully saturated rings. The third kappa shape index (κ3) is 2.87. The summed E-state index contributed by atoms with van der Waals surface area (Å²) in [5, 5.41) is 7.91. The summed E-state index contributed by atoms with van der Waals surface area (Å²) in [4.78, 5) is 0. The Labute approximate surface area is 114 Å². The smallest absolute Gasteiger partial charge is 0.0534 e. The highest BCUT2D eigenvalue weighted by molar-refractivity contribution is 5.31. The molecule has 3 heteroatoms. The molecule has 0 amide bonds. The Kier molecular flexibility index (Phi) is 3.65. The number of benzene rings is 1. The molecule has 0 aliphatic heterocycles. The first-order valence-corrected chi connectivity index (χ1v) is 7.11. The van der Waals surface area contributed by atoms with Crippen molar-refractivity contribution >= 4 is 0 Å². The molecule has 1 atom stereocenters. The zero-order chi connectivity index (χ0) is 13.1. The van der Waals surface area contributed by atoms with Gasteiger partial charge in [-0.2, -0.15) is 5.10 Å². The standard InChI is InChI=1S/C16H21N3/c1-19-12-13(11-18-19)10-17-16-9-5-3-7-14-6-2-4-8-15(14)16/h2,4,6,8,11-12,16-17H,3,5,7,9-10H2,1H3. The van der Waals surface area contributed by atoms with Gasteiger partial charge in [-0.3, -0.25) is 4.68 Å². The molecule has 1 aromatic heterocycles. The lowest BCUT2D eigenvalue weighted by Crippen LogP contribution is -2.21. The van der Waals surface area contributed by atoms with Crippen molar-refractivity contribution in [2.75, 3.05) is 0 Å². The van der Waals surface area contributed by atoms with Crippen LogP contribution in [0.1, 0.15) is 42.0 Å². The van der Waals surface area contributed by atoms with E-state index in [9.17, 15) is 0 Å². The zero-order valence-corrected chi connectivity index (χ0v) is 11.5. The number of nitrogens with zero attached hydrogens (tertiary/aromatic N) is 2. The Morgan fingerprint density at radius 1 is 1.32 bits per heavy atom. The molecule has 1 heterocycles. The first-order valence-electron chi connectivity index (χ1n) is 7.11. The van der Waals surface area contributed by atoms with E-state index in [2.05, 4.69) is 40.9 Å². The van der Waals surface area contributed by atoms with Gasteiger partial charge in [0.1, 0.15) is 0 Å². The highest BCUT2D eigenvalue weighted by Crippen LogP contribution is 2.28. The molecule has 0 saturated heterocycles. The molecule has 1 aliphatic carbocycles. The fourth-order valence-electron chi connectivity index (χ4n) is 2.94. The number of rotatable bonds is 3. The van der Waals surface area contributed by atoms with Gasteiger partial charge in [0.2, 0.25) is 0 Å². The van der Waals surface area contributed by atoms with Crippen molar-refractivity contribution in [1.29, 1.82) is 0 Å². The first-order chi connectivity index (χ1) is 9.33. The molecule has 0 radical (unpaired) electrons. The highest BCUT2D eigenvalue weighted by Gasteiger charge is 2.17. The van der Waals surface area contributed by atoms with Gasteiger partial charge in [-0.15, -0.1) is 0 Å². The van der Waals surface area contributed by atoms with Gasteiger partial charge in [0, 0.05) is 31.4 Å². The summed E-state index contributed by atoms with van der Waals surface area (Å²) in [7, 11) is 1.96. The van der Waals surface area contributed by atoms with E-state index in [0.717, 1.165) is 6.54 Å². The number of aromatic nitrogens is 2. The van der Waals surface area contributed by atoms with Gasteiger partial charge in [-0.1, -0.05) is 30.7 Å². The second-order valence-electron chi connectivity index (χ2n) is 5.40. The predicted octanol–water partition coefficient (Wildman–Crippen LogP) is 2.98. The lowest BCUT2D eigenvalue weighted by Gasteiger charge is -2.19. The monoisotopic (exact) mass is 255 g/mol. The fraction of sp³-hybridized carbons (Fsp3) is 0.438. The molecule has 0 spiro atoms. The van der Waals surface area contributed by atoms with Crippen molar-refractivity contribution < 1.29 is 0 Å². The van der Waals surface area contributed by atoms with E-state index < -0.39 is 0 Å². The summed E-state index contributed by atoms with van der Waals surface area (Å²) < 4.78 is 1.86. The average Bonchev–Trinajstić information content (AvgIpc) is 2.73. The average molecular weight is 255 g/mol. The molecule has 1 unspecified atom stereocenters. The molecule has 100 valence electrons. The Balaban J connectivity index is 1.73. The molecule has 1 N–H and O–H groups in total. The lowest BCUT2D eigenvalue weighted by atomic mass is 9.99. The third-order valence-electron chi connectivity index (χ3n) is 3.93. The Morgan fingerprint density at radius 2 is 2.21 bits per heavy atom. The number of fused-ring (bicyclic) bond motifs is 1. The first kappa shape index (κ1) is 12.4. The van der Waals surface area contributed by atoms with Crippen LogP contribution in [-0.2, 0) is 20.0 Å². The number of hydrogen-bond acceptors (Lipinski definition) is 2. The second kappa shape index (κ2) is 5.57. The van der Waals surface area contributed by atoms with Crippen molar-refractivity contribution in [3.63, 3.8) is 0 Å². The van der Waals surface area contributed by atoms with E-state index >= 15 is 0 Å². The maximum Gasteiger partial charge on any atom is 0.0534 e. The maximum atomic E-state index is 4.22. The van der Waals surface area contributed by atoms with Gasteiger partial charge in [0.15, 0.2) is 0 Å². The molecule has 3 rings (SSSR count). The van der Waals surface area contributed by atoms with E-state index in [-0.39, 0.29) is 0 Å². The predicted molar refractivity (Wildman–Crippen MR) is 76.8 cm³/mol. The minimum absolute atomic E-state index is 0.485. The van der Waals surface area contributed by atoms with Crippen molar-refractivity contribution in [3.05, 3.63) is 53.3 Å². The number of aryl methyl sites for hydroxylation is 2. The van der Waals surface area contributed by atoms with E-state index in [1.165, 1.54) is 42.4 Å². The fourth-order valence-corrected chi connectivity index (χ4v) is 2.94. The molecule has 3 nitrogen and oxygen atoms in total. The topological polar surface area (TPSA) is 29.9 Å². The summed E-state index contributed by atoms with van der Waals surface area (Å²) in [6, 6.07) is 9.35. The summed E-state index contributed by atoms with van der Waals surface area (Å²) in [5.41, 5.74) is 4.26. The van der Waals surface area contributed by atoms with Gasteiger partial charge in [-0.25, -0.2) is 0 Å². The van der Waals surface area contributed by atoms with Crippen LogP contribution >= 0.6 is 0 Å².